The lowest BCUT2D eigenvalue weighted by Crippen LogP contribution is -2.63. The second-order valence-corrected chi connectivity index (χ2v) is 9.50. The third-order valence-electron chi connectivity index (χ3n) is 4.88. The lowest BCUT2D eigenvalue weighted by atomic mass is 10.0. The van der Waals surface area contributed by atoms with Crippen LogP contribution < -0.4 is 0 Å². The van der Waals surface area contributed by atoms with E-state index in [-0.39, 0.29) is 48.1 Å². The minimum atomic E-state index is -3.33. The summed E-state index contributed by atoms with van der Waals surface area (Å²) in [6.45, 7) is 4.41. The highest BCUT2D eigenvalue weighted by molar-refractivity contribution is 7.91. The molecule has 3 amide bonds. The molecule has 26 heavy (non-hydrogen) atoms. The lowest BCUT2D eigenvalue weighted by molar-refractivity contribution is 0.0385. The average Bonchev–Trinajstić information content (AvgIpc) is 3.15. The Kier molecular flexibility index (Phi) is 4.72. The molecule has 0 spiro atoms. The number of nitrogens with zero attached hydrogens (tertiary/aromatic N) is 4. The van der Waals surface area contributed by atoms with Crippen LogP contribution in [0.15, 0.2) is 10.6 Å². The van der Waals surface area contributed by atoms with Crippen LogP contribution >= 0.6 is 0 Å². The molecule has 0 bridgehead atoms. The van der Waals surface area contributed by atoms with Gasteiger partial charge in [-0.1, -0.05) is 19.0 Å². The molecule has 1 aromatic heterocycles. The number of aromatic nitrogens is 1. The van der Waals surface area contributed by atoms with Gasteiger partial charge in [0.25, 0.3) is 5.91 Å². The van der Waals surface area contributed by atoms with E-state index < -0.39 is 21.9 Å². The first-order valence-electron chi connectivity index (χ1n) is 8.56. The Labute approximate surface area is 152 Å². The Morgan fingerprint density at radius 2 is 1.77 bits per heavy atom. The van der Waals surface area contributed by atoms with E-state index in [1.54, 1.807) is 25.1 Å². The molecule has 2 fully saturated rings. The molecule has 144 valence electrons. The number of rotatable bonds is 2. The second kappa shape index (κ2) is 6.57. The Balaban J connectivity index is 1.87. The molecule has 3 heterocycles. The molecule has 1 aromatic rings. The summed E-state index contributed by atoms with van der Waals surface area (Å²) in [5.74, 6) is 0.0698. The number of fused-ring (bicyclic) bond motifs is 1. The average molecular weight is 384 g/mol. The fraction of sp³-hybridized carbons (Fsp3) is 0.688. The molecule has 2 saturated heterocycles. The number of piperazine rings is 1. The molecule has 3 rings (SSSR count). The number of amides is 3. The summed E-state index contributed by atoms with van der Waals surface area (Å²) in [5.41, 5.74) is 0.170. The molecule has 10 heteroatoms. The van der Waals surface area contributed by atoms with E-state index in [2.05, 4.69) is 5.16 Å². The SMILES string of the molecule is CC(C)c1cc(C(=O)N2CCN(C(=O)N(C)C)[C@H]3CS(=O)(=O)C[C@H]32)no1. The molecule has 0 radical (unpaired) electrons. The highest BCUT2D eigenvalue weighted by atomic mass is 32.2. The molecule has 9 nitrogen and oxygen atoms in total. The zero-order valence-electron chi connectivity index (χ0n) is 15.4. The Bertz CT molecular complexity index is 816. The third kappa shape index (κ3) is 3.29. The Hall–Kier alpha value is -2.10. The zero-order valence-corrected chi connectivity index (χ0v) is 16.2. The van der Waals surface area contributed by atoms with Crippen molar-refractivity contribution in [3.63, 3.8) is 0 Å². The second-order valence-electron chi connectivity index (χ2n) is 7.35. The van der Waals surface area contributed by atoms with E-state index in [0.29, 0.717) is 5.76 Å². The van der Waals surface area contributed by atoms with Crippen molar-refractivity contribution in [2.45, 2.75) is 31.8 Å². The summed E-state index contributed by atoms with van der Waals surface area (Å²) in [5, 5.41) is 3.84. The lowest BCUT2D eigenvalue weighted by Gasteiger charge is -2.44. The van der Waals surface area contributed by atoms with Crippen LogP contribution in [0.3, 0.4) is 0 Å². The van der Waals surface area contributed by atoms with Crippen LogP contribution in [0.1, 0.15) is 36.0 Å². The van der Waals surface area contributed by atoms with Crippen LogP contribution in [-0.2, 0) is 9.84 Å². The van der Waals surface area contributed by atoms with Gasteiger partial charge in [-0.2, -0.15) is 0 Å². The highest BCUT2D eigenvalue weighted by Crippen LogP contribution is 2.29. The van der Waals surface area contributed by atoms with Gasteiger partial charge < -0.3 is 19.2 Å². The number of hydrogen-bond donors (Lipinski definition) is 0. The predicted octanol–water partition coefficient (Wildman–Crippen LogP) is 0.403. The van der Waals surface area contributed by atoms with E-state index in [9.17, 15) is 18.0 Å². The van der Waals surface area contributed by atoms with Crippen LogP contribution in [0.5, 0.6) is 0 Å². The molecule has 2 aliphatic rings. The van der Waals surface area contributed by atoms with Gasteiger partial charge in [0.15, 0.2) is 15.5 Å². The molecule has 0 N–H and O–H groups in total. The van der Waals surface area contributed by atoms with Crippen LogP contribution in [0.2, 0.25) is 0 Å². The number of hydrogen-bond acceptors (Lipinski definition) is 6. The fourth-order valence-corrected chi connectivity index (χ4v) is 5.49. The Morgan fingerprint density at radius 1 is 1.19 bits per heavy atom. The van der Waals surface area contributed by atoms with Gasteiger partial charge in [-0.05, 0) is 0 Å². The van der Waals surface area contributed by atoms with E-state index in [4.69, 9.17) is 4.52 Å². The summed E-state index contributed by atoms with van der Waals surface area (Å²) in [4.78, 5) is 29.8. The van der Waals surface area contributed by atoms with E-state index in [0.717, 1.165) is 0 Å². The van der Waals surface area contributed by atoms with E-state index in [1.807, 2.05) is 13.8 Å². The maximum atomic E-state index is 12.9. The van der Waals surface area contributed by atoms with E-state index >= 15 is 0 Å². The zero-order chi connectivity index (χ0) is 19.2. The largest absolute Gasteiger partial charge is 0.360 e. The van der Waals surface area contributed by atoms with Crippen molar-refractivity contribution in [1.29, 1.82) is 0 Å². The topological polar surface area (TPSA) is 104 Å². The van der Waals surface area contributed by atoms with Crippen LogP contribution in [0.4, 0.5) is 4.79 Å². The predicted molar refractivity (Wildman–Crippen MR) is 93.6 cm³/mol. The van der Waals surface area contributed by atoms with Crippen molar-refractivity contribution in [2.24, 2.45) is 0 Å². The van der Waals surface area contributed by atoms with Crippen molar-refractivity contribution in [3.05, 3.63) is 17.5 Å². The van der Waals surface area contributed by atoms with Gasteiger partial charge in [0.2, 0.25) is 0 Å². The number of urea groups is 1. The van der Waals surface area contributed by atoms with E-state index in [1.165, 1.54) is 9.80 Å². The van der Waals surface area contributed by atoms with Crippen LogP contribution in [-0.4, -0.2) is 91.0 Å². The van der Waals surface area contributed by atoms with Gasteiger partial charge in [0, 0.05) is 39.2 Å². The highest BCUT2D eigenvalue weighted by Gasteiger charge is 2.50. The number of sulfone groups is 1. The first-order chi connectivity index (χ1) is 12.1. The summed E-state index contributed by atoms with van der Waals surface area (Å²) in [7, 11) is -0.0757. The number of carbonyl (C=O) groups is 2. The summed E-state index contributed by atoms with van der Waals surface area (Å²) >= 11 is 0. The standard InChI is InChI=1S/C16H24N4O5S/c1-10(2)14-7-11(17-25-14)15(21)19-5-6-20(16(22)18(3)4)13-9-26(23,24)8-12(13)19/h7,10,12-13H,5-6,8-9H2,1-4H3/t12-,13+/m1/s1. The summed E-state index contributed by atoms with van der Waals surface area (Å²) < 4.78 is 29.6. The van der Waals surface area contributed by atoms with Crippen molar-refractivity contribution in [1.82, 2.24) is 19.9 Å². The van der Waals surface area contributed by atoms with Gasteiger partial charge in [-0.25, -0.2) is 13.2 Å². The monoisotopic (exact) mass is 384 g/mol. The Morgan fingerprint density at radius 3 is 2.31 bits per heavy atom. The minimum Gasteiger partial charge on any atom is -0.360 e. The van der Waals surface area contributed by atoms with Gasteiger partial charge in [-0.3, -0.25) is 4.79 Å². The van der Waals surface area contributed by atoms with Crippen LogP contribution in [0.25, 0.3) is 0 Å². The van der Waals surface area contributed by atoms with Crippen LogP contribution in [0, 0.1) is 0 Å². The molecule has 0 aromatic carbocycles. The molecular weight excluding hydrogens is 360 g/mol. The minimum absolute atomic E-state index is 0.0956. The smallest absolute Gasteiger partial charge is 0.319 e. The number of carbonyl (C=O) groups excluding carboxylic acids is 2. The fourth-order valence-electron chi connectivity index (χ4n) is 3.51. The quantitative estimate of drug-likeness (QED) is 0.731. The summed E-state index contributed by atoms with van der Waals surface area (Å²) in [6, 6.07) is 0.254. The molecule has 2 atom stereocenters. The molecule has 0 unspecified atom stereocenters. The maximum absolute atomic E-state index is 12.9. The maximum Gasteiger partial charge on any atom is 0.319 e. The molecular formula is C16H24N4O5S. The van der Waals surface area contributed by atoms with Crippen molar-refractivity contribution >= 4 is 21.8 Å². The van der Waals surface area contributed by atoms with Gasteiger partial charge >= 0.3 is 6.03 Å². The first kappa shape index (κ1) is 18.7. The van der Waals surface area contributed by atoms with Crippen molar-refractivity contribution in [2.75, 3.05) is 38.7 Å². The van der Waals surface area contributed by atoms with Crippen molar-refractivity contribution < 1.29 is 22.5 Å². The molecule has 2 aliphatic heterocycles. The normalized spacial score (nSPS) is 24.7. The van der Waals surface area contributed by atoms with Gasteiger partial charge in [0.05, 0.1) is 23.6 Å². The summed E-state index contributed by atoms with van der Waals surface area (Å²) in [6.07, 6.45) is 0. The van der Waals surface area contributed by atoms with Gasteiger partial charge in [-0.15, -0.1) is 0 Å². The first-order valence-corrected chi connectivity index (χ1v) is 10.4. The third-order valence-corrected chi connectivity index (χ3v) is 6.58. The van der Waals surface area contributed by atoms with Crippen molar-refractivity contribution in [3.8, 4) is 0 Å². The van der Waals surface area contributed by atoms with Gasteiger partial charge in [0.1, 0.15) is 5.76 Å². The molecule has 0 saturated carbocycles. The molecule has 0 aliphatic carbocycles.